The summed E-state index contributed by atoms with van der Waals surface area (Å²) in [6, 6.07) is 11.7. The normalized spacial score (nSPS) is 18.0. The lowest BCUT2D eigenvalue weighted by molar-refractivity contribution is -0.137. The Balaban J connectivity index is 1.86. The number of carbonyl (C=O) groups is 1. The Morgan fingerprint density at radius 1 is 1.12 bits per heavy atom. The molecule has 1 amide bonds. The standard InChI is InChI=1S/C17H13ClF3NOS/c18-14-4-2-1-3-13(14)15(23)22-9-10-24-16(22)11-5-7-12(8-6-11)17(19,20)21/h1-8,16H,9-10H2/t16-/m0/s1. The van der Waals surface area contributed by atoms with Crippen LogP contribution < -0.4 is 0 Å². The molecule has 24 heavy (non-hydrogen) atoms. The molecule has 0 spiro atoms. The highest BCUT2D eigenvalue weighted by molar-refractivity contribution is 7.99. The Morgan fingerprint density at radius 3 is 2.42 bits per heavy atom. The quantitative estimate of drug-likeness (QED) is 0.719. The first-order chi connectivity index (χ1) is 11.4. The minimum absolute atomic E-state index is 0.213. The van der Waals surface area contributed by atoms with E-state index in [9.17, 15) is 18.0 Å². The summed E-state index contributed by atoms with van der Waals surface area (Å²) in [5, 5.41) is 0.0571. The van der Waals surface area contributed by atoms with Crippen molar-refractivity contribution in [3.63, 3.8) is 0 Å². The second-order valence-electron chi connectivity index (χ2n) is 5.32. The summed E-state index contributed by atoms with van der Waals surface area (Å²) in [6.45, 7) is 0.528. The summed E-state index contributed by atoms with van der Waals surface area (Å²) in [5.74, 6) is 0.512. The first kappa shape index (κ1) is 17.2. The molecule has 2 aromatic rings. The van der Waals surface area contributed by atoms with E-state index in [0.29, 0.717) is 22.7 Å². The van der Waals surface area contributed by atoms with Gasteiger partial charge in [0, 0.05) is 12.3 Å². The topological polar surface area (TPSA) is 20.3 Å². The van der Waals surface area contributed by atoms with Crippen molar-refractivity contribution >= 4 is 29.3 Å². The molecule has 1 aliphatic heterocycles. The molecule has 0 aromatic heterocycles. The number of hydrogen-bond acceptors (Lipinski definition) is 2. The molecule has 1 heterocycles. The van der Waals surface area contributed by atoms with Crippen LogP contribution in [0.1, 0.15) is 26.9 Å². The van der Waals surface area contributed by atoms with Gasteiger partial charge in [-0.1, -0.05) is 35.9 Å². The third kappa shape index (κ3) is 3.39. The number of halogens is 4. The van der Waals surface area contributed by atoms with Gasteiger partial charge in [-0.15, -0.1) is 11.8 Å². The summed E-state index contributed by atoms with van der Waals surface area (Å²) < 4.78 is 38.0. The van der Waals surface area contributed by atoms with Crippen LogP contribution in [0.15, 0.2) is 48.5 Å². The molecule has 1 fully saturated rings. The number of alkyl halides is 3. The van der Waals surface area contributed by atoms with Gasteiger partial charge in [-0.3, -0.25) is 4.79 Å². The van der Waals surface area contributed by atoms with E-state index in [1.807, 2.05) is 0 Å². The lowest BCUT2D eigenvalue weighted by Crippen LogP contribution is -2.30. The highest BCUT2D eigenvalue weighted by Crippen LogP contribution is 2.40. The van der Waals surface area contributed by atoms with Crippen molar-refractivity contribution in [2.75, 3.05) is 12.3 Å². The maximum absolute atomic E-state index is 12.7. The average molecular weight is 372 g/mol. The highest BCUT2D eigenvalue weighted by atomic mass is 35.5. The van der Waals surface area contributed by atoms with Gasteiger partial charge in [0.15, 0.2) is 0 Å². The van der Waals surface area contributed by atoms with Gasteiger partial charge in [-0.2, -0.15) is 13.2 Å². The first-order valence-corrected chi connectivity index (χ1v) is 8.65. The molecule has 126 valence electrons. The Kier molecular flexibility index (Phi) is 4.78. The van der Waals surface area contributed by atoms with Gasteiger partial charge in [0.25, 0.3) is 5.91 Å². The Morgan fingerprint density at radius 2 is 1.79 bits per heavy atom. The van der Waals surface area contributed by atoms with E-state index in [-0.39, 0.29) is 11.3 Å². The highest BCUT2D eigenvalue weighted by Gasteiger charge is 2.34. The van der Waals surface area contributed by atoms with Crippen LogP contribution in [0.3, 0.4) is 0 Å². The van der Waals surface area contributed by atoms with Gasteiger partial charge >= 0.3 is 6.18 Å². The number of carbonyl (C=O) groups excluding carboxylic acids is 1. The molecule has 1 atom stereocenters. The Labute approximate surface area is 146 Å². The van der Waals surface area contributed by atoms with Crippen molar-refractivity contribution in [1.82, 2.24) is 4.90 Å². The second kappa shape index (κ2) is 6.69. The molecule has 0 radical (unpaired) electrons. The van der Waals surface area contributed by atoms with E-state index in [4.69, 9.17) is 11.6 Å². The zero-order valence-corrected chi connectivity index (χ0v) is 14.0. The molecule has 1 aliphatic rings. The Bertz CT molecular complexity index is 748. The van der Waals surface area contributed by atoms with Crippen LogP contribution in [0.25, 0.3) is 0 Å². The van der Waals surface area contributed by atoms with Crippen LogP contribution >= 0.6 is 23.4 Å². The maximum atomic E-state index is 12.7. The largest absolute Gasteiger partial charge is 0.416 e. The van der Waals surface area contributed by atoms with Crippen molar-refractivity contribution in [2.45, 2.75) is 11.6 Å². The zero-order valence-electron chi connectivity index (χ0n) is 12.4. The Hall–Kier alpha value is -1.66. The zero-order chi connectivity index (χ0) is 17.3. The van der Waals surface area contributed by atoms with Gasteiger partial charge in [-0.05, 0) is 29.8 Å². The van der Waals surface area contributed by atoms with E-state index < -0.39 is 11.7 Å². The van der Waals surface area contributed by atoms with Gasteiger partial charge in [0.1, 0.15) is 5.37 Å². The number of rotatable bonds is 2. The fourth-order valence-electron chi connectivity index (χ4n) is 2.58. The van der Waals surface area contributed by atoms with Gasteiger partial charge < -0.3 is 4.90 Å². The van der Waals surface area contributed by atoms with E-state index >= 15 is 0 Å². The van der Waals surface area contributed by atoms with E-state index in [2.05, 4.69) is 0 Å². The molecular weight excluding hydrogens is 359 g/mol. The smallest absolute Gasteiger partial charge is 0.322 e. The molecule has 0 aliphatic carbocycles. The fourth-order valence-corrected chi connectivity index (χ4v) is 4.05. The van der Waals surface area contributed by atoms with Crippen molar-refractivity contribution in [2.24, 2.45) is 0 Å². The van der Waals surface area contributed by atoms with E-state index in [1.165, 1.54) is 23.9 Å². The number of nitrogens with zero attached hydrogens (tertiary/aromatic N) is 1. The molecule has 2 nitrogen and oxygen atoms in total. The predicted molar refractivity (Wildman–Crippen MR) is 89.1 cm³/mol. The van der Waals surface area contributed by atoms with Crippen molar-refractivity contribution in [3.8, 4) is 0 Å². The van der Waals surface area contributed by atoms with Crippen LogP contribution in [-0.2, 0) is 6.18 Å². The molecule has 0 N–H and O–H groups in total. The van der Waals surface area contributed by atoms with E-state index in [1.54, 1.807) is 29.2 Å². The summed E-state index contributed by atoms with van der Waals surface area (Å²) in [6.07, 6.45) is -4.37. The molecular formula is C17H13ClF3NOS. The SMILES string of the molecule is O=C(c1ccccc1Cl)N1CCS[C@H]1c1ccc(C(F)(F)F)cc1. The summed E-state index contributed by atoms with van der Waals surface area (Å²) in [5.41, 5.74) is 0.378. The number of hydrogen-bond donors (Lipinski definition) is 0. The van der Waals surface area contributed by atoms with Crippen LogP contribution in [0.2, 0.25) is 5.02 Å². The molecule has 2 aromatic carbocycles. The minimum Gasteiger partial charge on any atom is -0.322 e. The number of thioether (sulfide) groups is 1. The van der Waals surface area contributed by atoms with Crippen LogP contribution in [-0.4, -0.2) is 23.1 Å². The van der Waals surface area contributed by atoms with Crippen molar-refractivity contribution < 1.29 is 18.0 Å². The van der Waals surface area contributed by atoms with Gasteiger partial charge in [-0.25, -0.2) is 0 Å². The molecule has 0 saturated carbocycles. The lowest BCUT2D eigenvalue weighted by atomic mass is 10.1. The number of benzene rings is 2. The van der Waals surface area contributed by atoms with Gasteiger partial charge in [0.05, 0.1) is 16.1 Å². The lowest BCUT2D eigenvalue weighted by Gasteiger charge is -2.25. The molecule has 0 unspecified atom stereocenters. The summed E-state index contributed by atoms with van der Waals surface area (Å²) in [7, 11) is 0. The molecule has 7 heteroatoms. The first-order valence-electron chi connectivity index (χ1n) is 7.22. The van der Waals surface area contributed by atoms with Crippen LogP contribution in [0, 0.1) is 0 Å². The summed E-state index contributed by atoms with van der Waals surface area (Å²) >= 11 is 7.61. The second-order valence-corrected chi connectivity index (χ2v) is 6.92. The molecule has 1 saturated heterocycles. The third-order valence-corrected chi connectivity index (χ3v) is 5.37. The average Bonchev–Trinajstić information content (AvgIpc) is 3.03. The maximum Gasteiger partial charge on any atom is 0.416 e. The van der Waals surface area contributed by atoms with Crippen LogP contribution in [0.5, 0.6) is 0 Å². The summed E-state index contributed by atoms with van der Waals surface area (Å²) in [4.78, 5) is 14.4. The van der Waals surface area contributed by atoms with Crippen molar-refractivity contribution in [3.05, 3.63) is 70.2 Å². The van der Waals surface area contributed by atoms with Crippen molar-refractivity contribution in [1.29, 1.82) is 0 Å². The van der Waals surface area contributed by atoms with Gasteiger partial charge in [0.2, 0.25) is 0 Å². The third-order valence-electron chi connectivity index (χ3n) is 3.78. The minimum atomic E-state index is -4.37. The molecule has 0 bridgehead atoms. The van der Waals surface area contributed by atoms with Crippen LogP contribution in [0.4, 0.5) is 13.2 Å². The fraction of sp³-hybridized carbons (Fsp3) is 0.235. The molecule has 3 rings (SSSR count). The number of amides is 1. The monoisotopic (exact) mass is 371 g/mol. The van der Waals surface area contributed by atoms with E-state index in [0.717, 1.165) is 17.9 Å². The predicted octanol–water partition coefficient (Wildman–Crippen LogP) is 5.25.